The van der Waals surface area contributed by atoms with Gasteiger partial charge in [0.05, 0.1) is 0 Å². The Morgan fingerprint density at radius 1 is 1.33 bits per heavy atom. The summed E-state index contributed by atoms with van der Waals surface area (Å²) in [6.45, 7) is 8.48. The molecule has 0 saturated heterocycles. The van der Waals surface area contributed by atoms with Crippen molar-refractivity contribution in [3.63, 3.8) is 0 Å². The Hall–Kier alpha value is -0.172. The average Bonchev–Trinajstić information content (AvgIpc) is 2.32. The van der Waals surface area contributed by atoms with Crippen molar-refractivity contribution in [3.05, 3.63) is 12.2 Å². The number of rotatable bonds is 2. The fourth-order valence-corrected chi connectivity index (χ4v) is 1.07. The Kier molecular flexibility index (Phi) is 4.69. The first-order valence-electron chi connectivity index (χ1n) is 4.02. The monoisotopic (exact) mass is 337 g/mol. The van der Waals surface area contributed by atoms with Gasteiger partial charge in [-0.15, -0.1) is 0 Å². The van der Waals surface area contributed by atoms with Gasteiger partial charge in [0.15, 0.2) is 0 Å². The molecule has 0 aliphatic rings. The van der Waals surface area contributed by atoms with Gasteiger partial charge in [-0.3, -0.25) is 0 Å². The van der Waals surface area contributed by atoms with Crippen molar-refractivity contribution in [3.8, 4) is 0 Å². The number of aromatic nitrogens is 3. The van der Waals surface area contributed by atoms with Crippen LogP contribution in [0.15, 0.2) is 6.33 Å². The van der Waals surface area contributed by atoms with Crippen molar-refractivity contribution in [2.75, 3.05) is 0 Å². The van der Waals surface area contributed by atoms with Gasteiger partial charge in [-0.2, -0.15) is 5.10 Å². The summed E-state index contributed by atoms with van der Waals surface area (Å²) in [5.74, 6) is 1.53. The minimum Gasteiger partial charge on any atom is -0.247 e. The van der Waals surface area contributed by atoms with Crippen molar-refractivity contribution in [1.29, 1.82) is 0 Å². The summed E-state index contributed by atoms with van der Waals surface area (Å²) in [5.41, 5.74) is 0. The van der Waals surface area contributed by atoms with E-state index in [0.29, 0.717) is 12.0 Å². The number of nitrogens with zero attached hydrogens (tertiary/aromatic N) is 3. The molecule has 0 saturated carbocycles. The van der Waals surface area contributed by atoms with Crippen LogP contribution in [0.3, 0.4) is 0 Å². The molecule has 12 heavy (non-hydrogen) atoms. The molecule has 0 aliphatic carbocycles. The molecular weight excluding hydrogens is 322 g/mol. The molecule has 0 N–H and O–H groups in total. The molecule has 0 unspecified atom stereocenters. The van der Waals surface area contributed by atoms with Crippen LogP contribution in [0.2, 0.25) is 0 Å². The van der Waals surface area contributed by atoms with Crippen molar-refractivity contribution in [2.45, 2.75) is 39.7 Å². The van der Waals surface area contributed by atoms with Gasteiger partial charge in [0.1, 0.15) is 12.2 Å². The van der Waals surface area contributed by atoms with Crippen LogP contribution >= 0.6 is 0 Å². The minimum absolute atomic E-state index is 0. The number of hydrogen-bond donors (Lipinski definition) is 0. The molecule has 0 amide bonds. The zero-order chi connectivity index (χ0) is 8.43. The predicted molar refractivity (Wildman–Crippen MR) is 42.2 cm³/mol. The second kappa shape index (κ2) is 4.76. The molecule has 1 aromatic rings. The second-order valence-electron chi connectivity index (χ2n) is 3.31. The Labute approximate surface area is 87.8 Å². The van der Waals surface area contributed by atoms with Gasteiger partial charge in [-0.05, 0) is 13.8 Å². The van der Waals surface area contributed by atoms with Crippen LogP contribution in [-0.2, 0) is 21.1 Å². The van der Waals surface area contributed by atoms with E-state index in [2.05, 4.69) is 37.8 Å². The maximum atomic E-state index is 4.19. The zero-order valence-corrected chi connectivity index (χ0v) is 10.9. The van der Waals surface area contributed by atoms with Crippen LogP contribution in [0.4, 0.5) is 0 Å². The van der Waals surface area contributed by atoms with Gasteiger partial charge in [0.2, 0.25) is 0 Å². The third-order valence-electron chi connectivity index (χ3n) is 1.61. The molecule has 0 radical (unpaired) electrons. The molecule has 1 rings (SSSR count). The Balaban J connectivity index is 0.00000121. The van der Waals surface area contributed by atoms with Gasteiger partial charge in [0.25, 0.3) is 0 Å². The summed E-state index contributed by atoms with van der Waals surface area (Å²) >= 11 is 0. The fraction of sp³-hybridized carbons (Fsp3) is 0.750. The molecule has 0 fully saturated rings. The first-order chi connectivity index (χ1) is 5.13. The Morgan fingerprint density at radius 3 is 2.25 bits per heavy atom. The van der Waals surface area contributed by atoms with Crippen LogP contribution in [0.1, 0.15) is 45.5 Å². The molecule has 0 atom stereocenters. The summed E-state index contributed by atoms with van der Waals surface area (Å²) in [5, 5.41) is 4.14. The van der Waals surface area contributed by atoms with E-state index in [0.717, 1.165) is 5.82 Å². The Bertz CT molecular complexity index is 207. The molecule has 68 valence electrons. The van der Waals surface area contributed by atoms with E-state index >= 15 is 0 Å². The maximum absolute atomic E-state index is 4.19. The molecule has 0 spiro atoms. The first kappa shape index (κ1) is 11.8. The molecule has 1 aromatic heterocycles. The standard InChI is InChI=1S/C8H15N3.W/c1-6(2)8-9-5-10-11(8)7(3)4;/h5-7H,1-4H3;. The molecule has 0 aliphatic heterocycles. The fourth-order valence-electron chi connectivity index (χ4n) is 1.07. The summed E-state index contributed by atoms with van der Waals surface area (Å²) in [6.07, 6.45) is 1.62. The maximum Gasteiger partial charge on any atom is 0.138 e. The van der Waals surface area contributed by atoms with Gasteiger partial charge in [-0.25, -0.2) is 9.67 Å². The van der Waals surface area contributed by atoms with Gasteiger partial charge in [-0.1, -0.05) is 13.8 Å². The van der Waals surface area contributed by atoms with Crippen molar-refractivity contribution in [1.82, 2.24) is 10.1 Å². The van der Waals surface area contributed by atoms with Crippen molar-refractivity contribution >= 4 is 0 Å². The molecular formula is C8H15N3W. The van der Waals surface area contributed by atoms with Crippen LogP contribution in [-0.4, -0.2) is 5.10 Å². The summed E-state index contributed by atoms with van der Waals surface area (Å²) in [4.78, 5) is 4.19. The normalized spacial score (nSPS) is 10.5. The largest absolute Gasteiger partial charge is 0.247 e. The third kappa shape index (κ3) is 2.41. The van der Waals surface area contributed by atoms with E-state index in [4.69, 9.17) is 0 Å². The zero-order valence-electron chi connectivity index (χ0n) is 7.98. The quantitative estimate of drug-likeness (QED) is 0.755. The van der Waals surface area contributed by atoms with E-state index < -0.39 is 0 Å². The van der Waals surface area contributed by atoms with E-state index in [1.54, 1.807) is 6.33 Å². The van der Waals surface area contributed by atoms with E-state index in [9.17, 15) is 0 Å². The molecule has 4 heteroatoms. The van der Waals surface area contributed by atoms with Crippen LogP contribution < -0.4 is 9.67 Å². The van der Waals surface area contributed by atoms with Crippen molar-refractivity contribution in [2.24, 2.45) is 0 Å². The molecule has 1 heterocycles. The SMILES string of the molecule is CC(C)c1[n-]cn[n+]1C(C)C.[W]. The van der Waals surface area contributed by atoms with Crippen molar-refractivity contribution < 1.29 is 25.7 Å². The van der Waals surface area contributed by atoms with E-state index in [1.807, 2.05) is 4.68 Å². The minimum atomic E-state index is 0. The van der Waals surface area contributed by atoms with Gasteiger partial charge >= 0.3 is 0 Å². The smallest absolute Gasteiger partial charge is 0.138 e. The van der Waals surface area contributed by atoms with Crippen LogP contribution in [0.25, 0.3) is 0 Å². The third-order valence-corrected chi connectivity index (χ3v) is 1.61. The summed E-state index contributed by atoms with van der Waals surface area (Å²) < 4.78 is 1.96. The molecule has 0 aromatic carbocycles. The van der Waals surface area contributed by atoms with Gasteiger partial charge < -0.3 is 0 Å². The number of hydrogen-bond acceptors (Lipinski definition) is 1. The second-order valence-corrected chi connectivity index (χ2v) is 3.31. The first-order valence-corrected chi connectivity index (χ1v) is 4.02. The molecule has 0 bridgehead atoms. The topological polar surface area (TPSA) is 30.9 Å². The van der Waals surface area contributed by atoms with Gasteiger partial charge in [0, 0.05) is 33.0 Å². The molecule has 3 nitrogen and oxygen atoms in total. The van der Waals surface area contributed by atoms with Crippen LogP contribution in [0, 0.1) is 0 Å². The van der Waals surface area contributed by atoms with E-state index in [1.165, 1.54) is 0 Å². The summed E-state index contributed by atoms with van der Waals surface area (Å²) in [6, 6.07) is 0.412. The summed E-state index contributed by atoms with van der Waals surface area (Å²) in [7, 11) is 0. The Morgan fingerprint density at radius 2 is 1.92 bits per heavy atom. The van der Waals surface area contributed by atoms with Crippen LogP contribution in [0.5, 0.6) is 0 Å². The van der Waals surface area contributed by atoms with E-state index in [-0.39, 0.29) is 21.1 Å². The predicted octanol–water partition coefficient (Wildman–Crippen LogP) is 1.03. The average molecular weight is 337 g/mol.